The normalized spacial score (nSPS) is 17.4. The lowest BCUT2D eigenvalue weighted by molar-refractivity contribution is 0.265. The van der Waals surface area contributed by atoms with Crippen LogP contribution in [-0.2, 0) is 0 Å². The quantitative estimate of drug-likeness (QED) is 0.716. The minimum Gasteiger partial charge on any atom is -0.300 e. The smallest absolute Gasteiger partial charge is 0.289 e. The maximum absolute atomic E-state index is 13.3. The Morgan fingerprint density at radius 2 is 2.04 bits per heavy atom. The summed E-state index contributed by atoms with van der Waals surface area (Å²) in [6.07, 6.45) is 3.63. The predicted molar refractivity (Wildman–Crippen MR) is 99.3 cm³/mol. The molecule has 1 aliphatic rings. The minimum atomic E-state index is -0.369. The van der Waals surface area contributed by atoms with Crippen molar-refractivity contribution in [1.82, 2.24) is 10.3 Å². The van der Waals surface area contributed by atoms with Crippen LogP contribution in [0.5, 0.6) is 0 Å². The summed E-state index contributed by atoms with van der Waals surface area (Å²) in [5.41, 5.74) is 2.30. The van der Waals surface area contributed by atoms with Gasteiger partial charge in [-0.2, -0.15) is 0 Å². The van der Waals surface area contributed by atoms with Gasteiger partial charge in [0.1, 0.15) is 11.7 Å². The molecule has 0 saturated carbocycles. The Hall–Kier alpha value is -2.99. The lowest BCUT2D eigenvalue weighted by atomic mass is 10.1. The molecule has 4 nitrogen and oxygen atoms in total. The number of benzene rings is 2. The third-order valence-electron chi connectivity index (χ3n) is 3.63. The Balaban J connectivity index is 1.73. The molecule has 25 heavy (non-hydrogen) atoms. The van der Waals surface area contributed by atoms with Crippen molar-refractivity contribution in [3.05, 3.63) is 77.1 Å². The van der Waals surface area contributed by atoms with E-state index in [0.29, 0.717) is 16.4 Å². The van der Waals surface area contributed by atoms with E-state index in [0.717, 1.165) is 28.2 Å². The molecule has 1 aromatic heterocycles. The van der Waals surface area contributed by atoms with Crippen molar-refractivity contribution in [2.24, 2.45) is 4.99 Å². The Bertz CT molecular complexity index is 1050. The summed E-state index contributed by atoms with van der Waals surface area (Å²) in [6, 6.07) is 15.7. The van der Waals surface area contributed by atoms with Gasteiger partial charge < -0.3 is 5.32 Å². The predicted octanol–water partition coefficient (Wildman–Crippen LogP) is 4.90. The SMILES string of the molecule is O=C1NC(=Nc2cccc(F)c2)/C(=C/c2ccc3ncccc3c2)S1. The summed E-state index contributed by atoms with van der Waals surface area (Å²) in [5.74, 6) is 0.0540. The number of nitrogens with one attached hydrogen (secondary N) is 1. The first-order valence-corrected chi connectivity index (χ1v) is 8.39. The zero-order valence-electron chi connectivity index (χ0n) is 12.9. The number of aromatic nitrogens is 1. The zero-order chi connectivity index (χ0) is 17.2. The Morgan fingerprint density at radius 3 is 2.92 bits per heavy atom. The molecular weight excluding hydrogens is 337 g/mol. The second-order valence-corrected chi connectivity index (χ2v) is 6.43. The second kappa shape index (κ2) is 6.49. The number of halogens is 1. The van der Waals surface area contributed by atoms with E-state index in [1.807, 2.05) is 36.4 Å². The van der Waals surface area contributed by atoms with Crippen LogP contribution in [0.3, 0.4) is 0 Å². The Labute approximate surface area is 147 Å². The largest absolute Gasteiger partial charge is 0.300 e. The molecule has 0 atom stereocenters. The molecule has 122 valence electrons. The minimum absolute atomic E-state index is 0.205. The first-order valence-electron chi connectivity index (χ1n) is 7.57. The van der Waals surface area contributed by atoms with Crippen LogP contribution in [-0.4, -0.2) is 16.1 Å². The number of rotatable bonds is 2. The van der Waals surface area contributed by atoms with Gasteiger partial charge in [0, 0.05) is 11.6 Å². The molecule has 2 aromatic carbocycles. The van der Waals surface area contributed by atoms with Crippen molar-refractivity contribution in [2.75, 3.05) is 0 Å². The van der Waals surface area contributed by atoms with Crippen molar-refractivity contribution >= 4 is 45.5 Å². The van der Waals surface area contributed by atoms with Crippen molar-refractivity contribution in [3.63, 3.8) is 0 Å². The van der Waals surface area contributed by atoms with Gasteiger partial charge in [-0.3, -0.25) is 9.78 Å². The van der Waals surface area contributed by atoms with Crippen LogP contribution < -0.4 is 5.32 Å². The van der Waals surface area contributed by atoms with Crippen LogP contribution >= 0.6 is 11.8 Å². The highest BCUT2D eigenvalue weighted by Gasteiger charge is 2.23. The number of pyridine rings is 1. The highest BCUT2D eigenvalue weighted by atomic mass is 32.2. The van der Waals surface area contributed by atoms with Gasteiger partial charge in [-0.1, -0.05) is 18.2 Å². The molecule has 1 fully saturated rings. The Morgan fingerprint density at radius 1 is 1.12 bits per heavy atom. The summed E-state index contributed by atoms with van der Waals surface area (Å²) >= 11 is 1.07. The maximum atomic E-state index is 13.3. The standard InChI is InChI=1S/C19H12FN3OS/c20-14-4-1-5-15(11-14)22-18-17(25-19(24)23-18)10-12-6-7-16-13(9-12)3-2-8-21-16/h1-11H,(H,22,23,24)/b17-10-. The lowest BCUT2D eigenvalue weighted by Crippen LogP contribution is -2.18. The van der Waals surface area contributed by atoms with Gasteiger partial charge in [-0.25, -0.2) is 9.38 Å². The molecule has 0 radical (unpaired) electrons. The van der Waals surface area contributed by atoms with E-state index in [2.05, 4.69) is 15.3 Å². The van der Waals surface area contributed by atoms with Crippen LogP contribution in [0.1, 0.15) is 5.56 Å². The van der Waals surface area contributed by atoms with Crippen LogP contribution in [0.4, 0.5) is 14.9 Å². The number of amides is 1. The average molecular weight is 349 g/mol. The Kier molecular flexibility index (Phi) is 4.03. The van der Waals surface area contributed by atoms with E-state index in [1.54, 1.807) is 18.3 Å². The molecule has 2 heterocycles. The highest BCUT2D eigenvalue weighted by molar-refractivity contribution is 8.18. The van der Waals surface area contributed by atoms with Gasteiger partial charge in [0.05, 0.1) is 16.1 Å². The number of carbonyl (C=O) groups is 1. The van der Waals surface area contributed by atoms with Crippen molar-refractivity contribution in [3.8, 4) is 0 Å². The molecule has 1 saturated heterocycles. The topological polar surface area (TPSA) is 54.4 Å². The summed E-state index contributed by atoms with van der Waals surface area (Å²) in [4.78, 5) is 21.1. The maximum Gasteiger partial charge on any atom is 0.289 e. The van der Waals surface area contributed by atoms with Crippen LogP contribution in [0, 0.1) is 5.82 Å². The monoisotopic (exact) mass is 349 g/mol. The fourth-order valence-electron chi connectivity index (χ4n) is 2.52. The third-order valence-corrected chi connectivity index (χ3v) is 4.45. The molecular formula is C19H12FN3OS. The van der Waals surface area contributed by atoms with Crippen LogP contribution in [0.15, 0.2) is 70.7 Å². The van der Waals surface area contributed by atoms with Crippen molar-refractivity contribution < 1.29 is 9.18 Å². The summed E-state index contributed by atoms with van der Waals surface area (Å²) < 4.78 is 13.3. The zero-order valence-corrected chi connectivity index (χ0v) is 13.8. The highest BCUT2D eigenvalue weighted by Crippen LogP contribution is 2.29. The summed E-state index contributed by atoms with van der Waals surface area (Å²) in [6.45, 7) is 0. The number of carbonyl (C=O) groups excluding carboxylic acids is 1. The van der Waals surface area contributed by atoms with Gasteiger partial charge in [0.2, 0.25) is 0 Å². The van der Waals surface area contributed by atoms with Crippen molar-refractivity contribution in [2.45, 2.75) is 0 Å². The number of hydrogen-bond acceptors (Lipinski definition) is 4. The van der Waals surface area contributed by atoms with E-state index in [1.165, 1.54) is 12.1 Å². The third kappa shape index (κ3) is 3.44. The summed E-state index contributed by atoms with van der Waals surface area (Å²) in [7, 11) is 0. The summed E-state index contributed by atoms with van der Waals surface area (Å²) in [5, 5.41) is 3.51. The van der Waals surface area contributed by atoms with E-state index in [-0.39, 0.29) is 11.1 Å². The number of fused-ring (bicyclic) bond motifs is 1. The van der Waals surface area contributed by atoms with Crippen LogP contribution in [0.2, 0.25) is 0 Å². The fraction of sp³-hybridized carbons (Fsp3) is 0. The molecule has 3 aromatic rings. The van der Waals surface area contributed by atoms with Gasteiger partial charge in [-0.15, -0.1) is 0 Å². The van der Waals surface area contributed by atoms with Gasteiger partial charge >= 0.3 is 0 Å². The number of hydrogen-bond donors (Lipinski definition) is 1. The first kappa shape index (κ1) is 15.5. The lowest BCUT2D eigenvalue weighted by Gasteiger charge is -2.02. The van der Waals surface area contributed by atoms with E-state index >= 15 is 0 Å². The average Bonchev–Trinajstić information content (AvgIpc) is 2.94. The van der Waals surface area contributed by atoms with Gasteiger partial charge in [0.15, 0.2) is 0 Å². The molecule has 0 bridgehead atoms. The molecule has 0 spiro atoms. The van der Waals surface area contributed by atoms with Gasteiger partial charge in [-0.05, 0) is 59.8 Å². The molecule has 6 heteroatoms. The van der Waals surface area contributed by atoms with E-state index in [9.17, 15) is 9.18 Å². The van der Waals surface area contributed by atoms with Crippen LogP contribution in [0.25, 0.3) is 17.0 Å². The molecule has 4 rings (SSSR count). The number of amidine groups is 1. The van der Waals surface area contributed by atoms with Crippen molar-refractivity contribution in [1.29, 1.82) is 0 Å². The number of thioether (sulfide) groups is 1. The van der Waals surface area contributed by atoms with E-state index in [4.69, 9.17) is 0 Å². The number of nitrogens with zero attached hydrogens (tertiary/aromatic N) is 2. The molecule has 1 aliphatic heterocycles. The first-order chi connectivity index (χ1) is 12.2. The molecule has 0 aliphatic carbocycles. The van der Waals surface area contributed by atoms with E-state index < -0.39 is 0 Å². The molecule has 0 unspecified atom stereocenters. The molecule has 1 amide bonds. The second-order valence-electron chi connectivity index (χ2n) is 5.42. The fourth-order valence-corrected chi connectivity index (χ4v) is 3.26. The number of aliphatic imine (C=N–C) groups is 1. The molecule has 1 N–H and O–H groups in total. The van der Waals surface area contributed by atoms with Gasteiger partial charge in [0.25, 0.3) is 5.24 Å².